The van der Waals surface area contributed by atoms with Crippen LogP contribution in [0.4, 0.5) is 4.39 Å². The molecule has 5 heteroatoms. The summed E-state index contributed by atoms with van der Waals surface area (Å²) < 4.78 is 14.2. The van der Waals surface area contributed by atoms with Gasteiger partial charge in [0.1, 0.15) is 5.82 Å². The summed E-state index contributed by atoms with van der Waals surface area (Å²) in [5.74, 6) is -0.346. The first-order chi connectivity index (χ1) is 8.91. The summed E-state index contributed by atoms with van der Waals surface area (Å²) in [5, 5.41) is 0.833. The lowest BCUT2D eigenvalue weighted by atomic mass is 9.98. The number of benzene rings is 2. The summed E-state index contributed by atoms with van der Waals surface area (Å²) >= 11 is 15.6. The fourth-order valence-corrected chi connectivity index (χ4v) is 2.74. The van der Waals surface area contributed by atoms with Gasteiger partial charge in [0.05, 0.1) is 11.1 Å². The van der Waals surface area contributed by atoms with E-state index in [-0.39, 0.29) is 5.82 Å². The third kappa shape index (κ3) is 2.95. The molecule has 0 fully saturated rings. The number of aryl methyl sites for hydroxylation is 1. The van der Waals surface area contributed by atoms with Crippen molar-refractivity contribution < 1.29 is 4.39 Å². The molecule has 0 heterocycles. The normalized spacial score (nSPS) is 12.5. The van der Waals surface area contributed by atoms with Gasteiger partial charge in [-0.15, -0.1) is 0 Å². The van der Waals surface area contributed by atoms with Crippen LogP contribution < -0.4 is 5.73 Å². The highest BCUT2D eigenvalue weighted by molar-refractivity contribution is 9.10. The standard InChI is InChI=1S/C14H11BrCl2FN/c1-7-5-9(11(16)6-12(7)18)14(19)8-3-2-4-10(15)13(8)17/h2-6,14H,19H2,1H3. The molecule has 2 aromatic rings. The molecule has 0 aliphatic rings. The lowest BCUT2D eigenvalue weighted by molar-refractivity contribution is 0.617. The monoisotopic (exact) mass is 361 g/mol. The van der Waals surface area contributed by atoms with Crippen molar-refractivity contribution in [3.05, 3.63) is 67.4 Å². The lowest BCUT2D eigenvalue weighted by Gasteiger charge is -2.17. The van der Waals surface area contributed by atoms with Crippen molar-refractivity contribution >= 4 is 39.1 Å². The Bertz CT molecular complexity index is 631. The maximum atomic E-state index is 13.4. The molecule has 1 unspecified atom stereocenters. The summed E-state index contributed by atoms with van der Waals surface area (Å²) in [6.45, 7) is 1.67. The van der Waals surface area contributed by atoms with Crippen LogP contribution in [-0.4, -0.2) is 0 Å². The SMILES string of the molecule is Cc1cc(C(N)c2cccc(Br)c2Cl)c(Cl)cc1F. The minimum Gasteiger partial charge on any atom is -0.320 e. The molecule has 0 amide bonds. The second-order valence-corrected chi connectivity index (χ2v) is 5.88. The number of hydrogen-bond acceptors (Lipinski definition) is 1. The summed E-state index contributed by atoms with van der Waals surface area (Å²) in [6.07, 6.45) is 0. The van der Waals surface area contributed by atoms with E-state index < -0.39 is 6.04 Å². The number of rotatable bonds is 2. The first-order valence-electron chi connectivity index (χ1n) is 5.57. The van der Waals surface area contributed by atoms with Crippen LogP contribution in [0.15, 0.2) is 34.8 Å². The minimum atomic E-state index is -0.503. The number of nitrogens with two attached hydrogens (primary N) is 1. The zero-order valence-electron chi connectivity index (χ0n) is 10.1. The quantitative estimate of drug-likeness (QED) is 0.775. The Morgan fingerprint density at radius 2 is 1.89 bits per heavy atom. The van der Waals surface area contributed by atoms with Gasteiger partial charge in [0.15, 0.2) is 0 Å². The topological polar surface area (TPSA) is 26.0 Å². The molecule has 19 heavy (non-hydrogen) atoms. The van der Waals surface area contributed by atoms with Gasteiger partial charge in [0.25, 0.3) is 0 Å². The Morgan fingerprint density at radius 3 is 2.58 bits per heavy atom. The Morgan fingerprint density at radius 1 is 1.21 bits per heavy atom. The van der Waals surface area contributed by atoms with Gasteiger partial charge >= 0.3 is 0 Å². The maximum absolute atomic E-state index is 13.4. The smallest absolute Gasteiger partial charge is 0.127 e. The van der Waals surface area contributed by atoms with Crippen LogP contribution in [-0.2, 0) is 0 Å². The van der Waals surface area contributed by atoms with Gasteiger partial charge in [-0.1, -0.05) is 35.3 Å². The van der Waals surface area contributed by atoms with E-state index >= 15 is 0 Å². The van der Waals surface area contributed by atoms with Gasteiger partial charge in [0.2, 0.25) is 0 Å². The molecular weight excluding hydrogens is 352 g/mol. The van der Waals surface area contributed by atoms with E-state index in [0.29, 0.717) is 21.2 Å². The molecule has 0 spiro atoms. The lowest BCUT2D eigenvalue weighted by Crippen LogP contribution is -2.13. The third-order valence-electron chi connectivity index (χ3n) is 2.93. The van der Waals surface area contributed by atoms with Crippen molar-refractivity contribution in [3.63, 3.8) is 0 Å². The van der Waals surface area contributed by atoms with E-state index in [9.17, 15) is 4.39 Å². The molecule has 2 rings (SSSR count). The maximum Gasteiger partial charge on any atom is 0.127 e. The van der Waals surface area contributed by atoms with Crippen molar-refractivity contribution in [1.29, 1.82) is 0 Å². The predicted octanol–water partition coefficient (Wildman–Crippen LogP) is 5.25. The molecule has 2 aromatic carbocycles. The fraction of sp³-hybridized carbons (Fsp3) is 0.143. The van der Waals surface area contributed by atoms with E-state index in [1.807, 2.05) is 18.2 Å². The van der Waals surface area contributed by atoms with Gasteiger partial charge in [-0.25, -0.2) is 4.39 Å². The zero-order valence-corrected chi connectivity index (χ0v) is 13.2. The highest BCUT2D eigenvalue weighted by Crippen LogP contribution is 2.35. The molecule has 1 atom stereocenters. The molecule has 0 bridgehead atoms. The van der Waals surface area contributed by atoms with Crippen molar-refractivity contribution in [2.75, 3.05) is 0 Å². The molecule has 0 aromatic heterocycles. The second-order valence-electron chi connectivity index (χ2n) is 4.24. The van der Waals surface area contributed by atoms with Crippen LogP contribution in [0, 0.1) is 12.7 Å². The van der Waals surface area contributed by atoms with E-state index in [0.717, 1.165) is 10.0 Å². The van der Waals surface area contributed by atoms with Crippen LogP contribution in [0.5, 0.6) is 0 Å². The Labute approximate surface area is 129 Å². The van der Waals surface area contributed by atoms with E-state index in [1.165, 1.54) is 6.07 Å². The molecule has 0 aliphatic carbocycles. The Kier molecular flexibility index (Phi) is 4.51. The molecule has 0 radical (unpaired) electrons. The van der Waals surface area contributed by atoms with Crippen LogP contribution in [0.1, 0.15) is 22.7 Å². The number of hydrogen-bond donors (Lipinski definition) is 1. The predicted molar refractivity (Wildman–Crippen MR) is 81.3 cm³/mol. The summed E-state index contributed by atoms with van der Waals surface area (Å²) in [5.41, 5.74) is 8.09. The van der Waals surface area contributed by atoms with Gasteiger partial charge in [-0.2, -0.15) is 0 Å². The highest BCUT2D eigenvalue weighted by atomic mass is 79.9. The fourth-order valence-electron chi connectivity index (χ4n) is 1.85. The average Bonchev–Trinajstić information content (AvgIpc) is 2.36. The van der Waals surface area contributed by atoms with E-state index in [1.54, 1.807) is 13.0 Å². The van der Waals surface area contributed by atoms with Crippen molar-refractivity contribution in [1.82, 2.24) is 0 Å². The van der Waals surface area contributed by atoms with Crippen LogP contribution in [0.3, 0.4) is 0 Å². The van der Waals surface area contributed by atoms with Crippen molar-refractivity contribution in [2.45, 2.75) is 13.0 Å². The third-order valence-corrected chi connectivity index (χ3v) is 4.57. The Hall–Kier alpha value is -0.610. The highest BCUT2D eigenvalue weighted by Gasteiger charge is 2.18. The van der Waals surface area contributed by atoms with Crippen molar-refractivity contribution in [2.24, 2.45) is 5.73 Å². The molecule has 1 nitrogen and oxygen atoms in total. The van der Waals surface area contributed by atoms with Gasteiger partial charge in [-0.3, -0.25) is 0 Å². The first-order valence-corrected chi connectivity index (χ1v) is 7.11. The van der Waals surface area contributed by atoms with E-state index in [4.69, 9.17) is 28.9 Å². The summed E-state index contributed by atoms with van der Waals surface area (Å²) in [4.78, 5) is 0. The van der Waals surface area contributed by atoms with Crippen molar-refractivity contribution in [3.8, 4) is 0 Å². The van der Waals surface area contributed by atoms with Crippen LogP contribution in [0.25, 0.3) is 0 Å². The zero-order chi connectivity index (χ0) is 14.2. The molecule has 100 valence electrons. The van der Waals surface area contributed by atoms with Gasteiger partial charge < -0.3 is 5.73 Å². The average molecular weight is 363 g/mol. The van der Waals surface area contributed by atoms with Gasteiger partial charge in [0, 0.05) is 9.50 Å². The summed E-state index contributed by atoms with van der Waals surface area (Å²) in [6, 6.07) is 7.92. The largest absolute Gasteiger partial charge is 0.320 e. The van der Waals surface area contributed by atoms with E-state index in [2.05, 4.69) is 15.9 Å². The molecule has 2 N–H and O–H groups in total. The Balaban J connectivity index is 2.53. The second kappa shape index (κ2) is 5.80. The molecule has 0 aliphatic heterocycles. The van der Waals surface area contributed by atoms with Crippen LogP contribution in [0.2, 0.25) is 10.0 Å². The molecule has 0 saturated heterocycles. The summed E-state index contributed by atoms with van der Waals surface area (Å²) in [7, 11) is 0. The minimum absolute atomic E-state index is 0.298. The number of halogens is 4. The first kappa shape index (κ1) is 14.8. The van der Waals surface area contributed by atoms with Crippen LogP contribution >= 0.6 is 39.1 Å². The molecule has 0 saturated carbocycles. The molecular formula is C14H11BrCl2FN. The van der Waals surface area contributed by atoms with Gasteiger partial charge in [-0.05, 0) is 57.7 Å².